The molecule has 0 aliphatic carbocycles. The minimum atomic E-state index is -0.301. The van der Waals surface area contributed by atoms with Crippen molar-refractivity contribution in [1.29, 1.82) is 0 Å². The van der Waals surface area contributed by atoms with Gasteiger partial charge >= 0.3 is 0 Å². The summed E-state index contributed by atoms with van der Waals surface area (Å²) in [4.78, 5) is 25.5. The maximum Gasteiger partial charge on any atom is 0.246 e. The van der Waals surface area contributed by atoms with E-state index in [4.69, 9.17) is 23.2 Å². The van der Waals surface area contributed by atoms with Crippen molar-refractivity contribution < 1.29 is 9.59 Å². The topological polar surface area (TPSA) is 49.4 Å². The SMILES string of the molecule is Cc1ccc(NC(=O)CN(C)C(=O)/C=C/c2ccc(Cl)cc2Cl)cc1. The highest BCUT2D eigenvalue weighted by Crippen LogP contribution is 2.22. The van der Waals surface area contributed by atoms with Crippen LogP contribution in [-0.2, 0) is 9.59 Å². The number of nitrogens with zero attached hydrogens (tertiary/aromatic N) is 1. The largest absolute Gasteiger partial charge is 0.333 e. The summed E-state index contributed by atoms with van der Waals surface area (Å²) in [6, 6.07) is 12.5. The number of benzene rings is 2. The van der Waals surface area contributed by atoms with Crippen molar-refractivity contribution in [2.75, 3.05) is 18.9 Å². The van der Waals surface area contributed by atoms with Gasteiger partial charge in [-0.15, -0.1) is 0 Å². The van der Waals surface area contributed by atoms with E-state index in [1.165, 1.54) is 11.0 Å². The van der Waals surface area contributed by atoms with E-state index in [2.05, 4.69) is 5.32 Å². The molecular weight excluding hydrogens is 359 g/mol. The van der Waals surface area contributed by atoms with E-state index in [0.29, 0.717) is 21.3 Å². The summed E-state index contributed by atoms with van der Waals surface area (Å²) in [5.41, 5.74) is 2.48. The van der Waals surface area contributed by atoms with Crippen LogP contribution in [0, 0.1) is 6.92 Å². The Bertz CT molecular complexity index is 802. The third kappa shape index (κ3) is 5.93. The van der Waals surface area contributed by atoms with Crippen LogP contribution in [-0.4, -0.2) is 30.3 Å². The van der Waals surface area contributed by atoms with Crippen LogP contribution in [0.15, 0.2) is 48.5 Å². The number of carbonyl (C=O) groups is 2. The standard InChI is InChI=1S/C19H18Cl2N2O2/c1-13-3-8-16(9-4-13)22-18(24)12-23(2)19(25)10-6-14-5-7-15(20)11-17(14)21/h3-11H,12H2,1-2H3,(H,22,24)/b10-6+. The number of halogens is 2. The molecule has 2 aromatic carbocycles. The summed E-state index contributed by atoms with van der Waals surface area (Å²) in [6.45, 7) is 1.92. The first-order chi connectivity index (χ1) is 11.8. The Morgan fingerprint density at radius 1 is 1.12 bits per heavy atom. The number of carbonyl (C=O) groups excluding carboxylic acids is 2. The number of rotatable bonds is 5. The first-order valence-electron chi connectivity index (χ1n) is 7.60. The van der Waals surface area contributed by atoms with E-state index in [9.17, 15) is 9.59 Å². The predicted molar refractivity (Wildman–Crippen MR) is 103 cm³/mol. The lowest BCUT2D eigenvalue weighted by Crippen LogP contribution is -2.33. The van der Waals surface area contributed by atoms with Crippen LogP contribution in [0.4, 0.5) is 5.69 Å². The number of hydrogen-bond donors (Lipinski definition) is 1. The number of likely N-dealkylation sites (N-methyl/N-ethyl adjacent to an activating group) is 1. The number of amides is 2. The van der Waals surface area contributed by atoms with Crippen molar-refractivity contribution in [3.05, 3.63) is 69.7 Å². The van der Waals surface area contributed by atoms with Crippen LogP contribution >= 0.6 is 23.2 Å². The molecule has 0 saturated heterocycles. The predicted octanol–water partition coefficient (Wildman–Crippen LogP) is 4.41. The summed E-state index contributed by atoms with van der Waals surface area (Å²) in [7, 11) is 1.56. The molecule has 0 radical (unpaired) electrons. The van der Waals surface area contributed by atoms with Gasteiger partial charge in [-0.05, 0) is 42.8 Å². The van der Waals surface area contributed by atoms with Crippen molar-refractivity contribution in [1.82, 2.24) is 4.90 Å². The molecule has 0 spiro atoms. The van der Waals surface area contributed by atoms with Gasteiger partial charge in [0.2, 0.25) is 11.8 Å². The van der Waals surface area contributed by atoms with Gasteiger partial charge in [0.15, 0.2) is 0 Å². The van der Waals surface area contributed by atoms with E-state index in [-0.39, 0.29) is 18.4 Å². The Balaban J connectivity index is 1.91. The summed E-state index contributed by atoms with van der Waals surface area (Å²) in [5, 5.41) is 3.73. The lowest BCUT2D eigenvalue weighted by atomic mass is 10.2. The van der Waals surface area contributed by atoms with Crippen LogP contribution in [0.2, 0.25) is 10.0 Å². The zero-order valence-corrected chi connectivity index (χ0v) is 15.4. The van der Waals surface area contributed by atoms with Gasteiger partial charge in [-0.1, -0.05) is 47.0 Å². The van der Waals surface area contributed by atoms with Gasteiger partial charge in [0, 0.05) is 28.9 Å². The smallest absolute Gasteiger partial charge is 0.246 e. The number of nitrogens with one attached hydrogen (secondary N) is 1. The van der Waals surface area contributed by atoms with Crippen molar-refractivity contribution in [2.45, 2.75) is 6.92 Å². The van der Waals surface area contributed by atoms with E-state index in [0.717, 1.165) is 5.56 Å². The Labute approximate surface area is 157 Å². The molecule has 4 nitrogen and oxygen atoms in total. The molecule has 0 saturated carbocycles. The summed E-state index contributed by atoms with van der Waals surface area (Å²) < 4.78 is 0. The summed E-state index contributed by atoms with van der Waals surface area (Å²) in [6.07, 6.45) is 2.96. The molecule has 1 N–H and O–H groups in total. The van der Waals surface area contributed by atoms with Gasteiger partial charge in [-0.25, -0.2) is 0 Å². The zero-order valence-electron chi connectivity index (χ0n) is 13.9. The Morgan fingerprint density at radius 2 is 1.80 bits per heavy atom. The van der Waals surface area contributed by atoms with Gasteiger partial charge < -0.3 is 10.2 Å². The normalized spacial score (nSPS) is 10.7. The molecule has 130 valence electrons. The Morgan fingerprint density at radius 3 is 2.44 bits per heavy atom. The molecule has 0 fully saturated rings. The second-order valence-corrected chi connectivity index (χ2v) is 6.45. The van der Waals surface area contributed by atoms with Crippen LogP contribution in [0.5, 0.6) is 0 Å². The second kappa shape index (κ2) is 8.70. The zero-order chi connectivity index (χ0) is 18.4. The lowest BCUT2D eigenvalue weighted by Gasteiger charge is -2.15. The molecule has 0 atom stereocenters. The second-order valence-electron chi connectivity index (χ2n) is 5.61. The van der Waals surface area contributed by atoms with Gasteiger partial charge in [0.25, 0.3) is 0 Å². The average molecular weight is 377 g/mol. The van der Waals surface area contributed by atoms with Crippen molar-refractivity contribution in [3.8, 4) is 0 Å². The molecule has 0 aliphatic heterocycles. The van der Waals surface area contributed by atoms with Crippen LogP contribution < -0.4 is 5.32 Å². The molecule has 2 amide bonds. The highest BCUT2D eigenvalue weighted by atomic mass is 35.5. The maximum atomic E-state index is 12.1. The highest BCUT2D eigenvalue weighted by Gasteiger charge is 2.11. The Hall–Kier alpha value is -2.30. The first kappa shape index (κ1) is 19.0. The molecule has 0 aromatic heterocycles. The highest BCUT2D eigenvalue weighted by molar-refractivity contribution is 6.35. The van der Waals surface area contributed by atoms with Crippen molar-refractivity contribution >= 4 is 46.8 Å². The van der Waals surface area contributed by atoms with Gasteiger partial charge in [-0.2, -0.15) is 0 Å². The molecule has 2 aromatic rings. The first-order valence-corrected chi connectivity index (χ1v) is 8.35. The molecule has 0 unspecified atom stereocenters. The van der Waals surface area contributed by atoms with Crippen LogP contribution in [0.1, 0.15) is 11.1 Å². The van der Waals surface area contributed by atoms with E-state index in [1.54, 1.807) is 31.3 Å². The molecular formula is C19H18Cl2N2O2. The van der Waals surface area contributed by atoms with Crippen molar-refractivity contribution in [3.63, 3.8) is 0 Å². The van der Waals surface area contributed by atoms with E-state index < -0.39 is 0 Å². The third-order valence-electron chi connectivity index (χ3n) is 3.46. The minimum absolute atomic E-state index is 0.0502. The fourth-order valence-electron chi connectivity index (χ4n) is 2.06. The van der Waals surface area contributed by atoms with Gasteiger partial charge in [-0.3, -0.25) is 9.59 Å². The quantitative estimate of drug-likeness (QED) is 0.785. The number of aryl methyl sites for hydroxylation is 1. The number of hydrogen-bond acceptors (Lipinski definition) is 2. The minimum Gasteiger partial charge on any atom is -0.333 e. The van der Waals surface area contributed by atoms with Crippen LogP contribution in [0.3, 0.4) is 0 Å². The molecule has 0 aliphatic rings. The molecule has 0 heterocycles. The third-order valence-corrected chi connectivity index (χ3v) is 4.02. The Kier molecular flexibility index (Phi) is 6.62. The van der Waals surface area contributed by atoms with E-state index >= 15 is 0 Å². The van der Waals surface area contributed by atoms with Gasteiger partial charge in [0.05, 0.1) is 6.54 Å². The average Bonchev–Trinajstić information content (AvgIpc) is 2.55. The fourth-order valence-corrected chi connectivity index (χ4v) is 2.53. The van der Waals surface area contributed by atoms with Crippen LogP contribution in [0.25, 0.3) is 6.08 Å². The van der Waals surface area contributed by atoms with Gasteiger partial charge in [0.1, 0.15) is 0 Å². The molecule has 2 rings (SSSR count). The molecule has 0 bridgehead atoms. The molecule has 25 heavy (non-hydrogen) atoms. The molecule has 6 heteroatoms. The summed E-state index contributed by atoms with van der Waals surface area (Å²) >= 11 is 11.9. The fraction of sp³-hybridized carbons (Fsp3) is 0.158. The van der Waals surface area contributed by atoms with Crippen molar-refractivity contribution in [2.24, 2.45) is 0 Å². The number of anilines is 1. The lowest BCUT2D eigenvalue weighted by molar-refractivity contribution is -0.129. The maximum absolute atomic E-state index is 12.1. The monoisotopic (exact) mass is 376 g/mol. The van der Waals surface area contributed by atoms with E-state index in [1.807, 2.05) is 31.2 Å². The summed E-state index contributed by atoms with van der Waals surface area (Å²) in [5.74, 6) is -0.567.